The number of ether oxygens (including phenoxy) is 1. The number of aromatic carboxylic acids is 1. The van der Waals surface area contributed by atoms with Crippen LogP contribution in [-0.2, 0) is 14.3 Å². The Labute approximate surface area is 173 Å². The first-order chi connectivity index (χ1) is 14.0. The molecule has 0 bridgehead atoms. The number of amides is 5. The Morgan fingerprint density at radius 1 is 1.07 bits per heavy atom. The summed E-state index contributed by atoms with van der Waals surface area (Å²) in [5.41, 5.74) is -0.292. The summed E-state index contributed by atoms with van der Waals surface area (Å²) in [4.78, 5) is 64.6. The molecule has 2 aliphatic heterocycles. The first-order valence-electron chi connectivity index (χ1n) is 9.51. The van der Waals surface area contributed by atoms with Crippen molar-refractivity contribution in [1.82, 2.24) is 9.80 Å². The maximum absolute atomic E-state index is 12.9. The van der Waals surface area contributed by atoms with Gasteiger partial charge in [-0.3, -0.25) is 14.5 Å². The van der Waals surface area contributed by atoms with Crippen LogP contribution in [0.5, 0.6) is 0 Å². The zero-order valence-electron chi connectivity index (χ0n) is 17.0. The Morgan fingerprint density at radius 3 is 2.27 bits per heavy atom. The predicted octanol–water partition coefficient (Wildman–Crippen LogP) is 2.08. The van der Waals surface area contributed by atoms with Crippen LogP contribution >= 0.6 is 0 Å². The van der Waals surface area contributed by atoms with Crippen molar-refractivity contribution in [3.05, 3.63) is 29.8 Å². The lowest BCUT2D eigenvalue weighted by Crippen LogP contribution is -2.57. The van der Waals surface area contributed by atoms with Gasteiger partial charge in [0.25, 0.3) is 5.91 Å². The van der Waals surface area contributed by atoms with Gasteiger partial charge in [-0.15, -0.1) is 0 Å². The van der Waals surface area contributed by atoms with E-state index in [4.69, 9.17) is 9.84 Å². The summed E-state index contributed by atoms with van der Waals surface area (Å²) in [6, 6.07) is 4.42. The molecule has 0 saturated carbocycles. The first-order valence-corrected chi connectivity index (χ1v) is 9.51. The van der Waals surface area contributed by atoms with Gasteiger partial charge in [-0.25, -0.2) is 14.4 Å². The van der Waals surface area contributed by atoms with Gasteiger partial charge in [0.15, 0.2) is 0 Å². The largest absolute Gasteiger partial charge is 0.478 e. The van der Waals surface area contributed by atoms with E-state index in [9.17, 15) is 24.0 Å². The number of carboxylic acid groups (broad SMARTS) is 1. The van der Waals surface area contributed by atoms with Crippen molar-refractivity contribution in [2.75, 3.05) is 18.0 Å². The van der Waals surface area contributed by atoms with E-state index in [1.807, 2.05) is 0 Å². The van der Waals surface area contributed by atoms with Crippen LogP contribution in [0.2, 0.25) is 0 Å². The monoisotopic (exact) mass is 417 g/mol. The highest BCUT2D eigenvalue weighted by Crippen LogP contribution is 2.27. The number of carboxylic acids is 1. The van der Waals surface area contributed by atoms with E-state index in [1.165, 1.54) is 34.1 Å². The number of urea groups is 1. The molecule has 2 aliphatic rings. The third-order valence-corrected chi connectivity index (χ3v) is 4.81. The molecular weight excluding hydrogens is 394 g/mol. The van der Waals surface area contributed by atoms with Crippen molar-refractivity contribution in [1.29, 1.82) is 0 Å². The average Bonchev–Trinajstić information content (AvgIpc) is 3.02. The molecule has 0 aliphatic carbocycles. The predicted molar refractivity (Wildman–Crippen MR) is 104 cm³/mol. The molecule has 1 aromatic rings. The first kappa shape index (κ1) is 21.3. The standard InChI is InChI=1S/C20H23N3O7/c1-20(2,3)30-19(29)23-15(24)9-8-14(16(23)25)22-11-10-21(18(22)28)13-6-4-12(5-7-13)17(26)27/h4-7,14H,8-11H2,1-3H3,(H,26,27). The fourth-order valence-corrected chi connectivity index (χ4v) is 3.42. The summed E-state index contributed by atoms with van der Waals surface area (Å²) < 4.78 is 5.16. The topological polar surface area (TPSA) is 125 Å². The number of benzene rings is 1. The molecule has 10 heteroatoms. The van der Waals surface area contributed by atoms with Gasteiger partial charge in [-0.2, -0.15) is 4.90 Å². The second kappa shape index (κ2) is 7.77. The highest BCUT2D eigenvalue weighted by Gasteiger charge is 2.46. The van der Waals surface area contributed by atoms with E-state index >= 15 is 0 Å². The van der Waals surface area contributed by atoms with E-state index in [0.29, 0.717) is 10.6 Å². The quantitative estimate of drug-likeness (QED) is 0.747. The summed E-state index contributed by atoms with van der Waals surface area (Å²) >= 11 is 0. The zero-order valence-corrected chi connectivity index (χ0v) is 17.0. The number of rotatable bonds is 3. The Hall–Kier alpha value is -3.43. The number of carbonyl (C=O) groups excluding carboxylic acids is 4. The molecule has 0 aromatic heterocycles. The fourth-order valence-electron chi connectivity index (χ4n) is 3.42. The SMILES string of the molecule is CC(C)(C)OC(=O)N1C(=O)CCC(N2CCN(c3ccc(C(=O)O)cc3)C2=O)C1=O. The lowest BCUT2D eigenvalue weighted by molar-refractivity contribution is -0.150. The Morgan fingerprint density at radius 2 is 1.70 bits per heavy atom. The van der Waals surface area contributed by atoms with Gasteiger partial charge in [0.1, 0.15) is 11.6 Å². The third kappa shape index (κ3) is 4.12. The van der Waals surface area contributed by atoms with Crippen molar-refractivity contribution >= 4 is 35.6 Å². The Balaban J connectivity index is 1.76. The summed E-state index contributed by atoms with van der Waals surface area (Å²) in [5, 5.41) is 9.00. The summed E-state index contributed by atoms with van der Waals surface area (Å²) in [7, 11) is 0. The van der Waals surface area contributed by atoms with E-state index in [-0.39, 0.29) is 31.5 Å². The molecule has 1 atom stereocenters. The van der Waals surface area contributed by atoms with Gasteiger partial charge < -0.3 is 14.7 Å². The normalized spacial score (nSPS) is 20.0. The third-order valence-electron chi connectivity index (χ3n) is 4.81. The van der Waals surface area contributed by atoms with Crippen LogP contribution in [0.4, 0.5) is 15.3 Å². The van der Waals surface area contributed by atoms with E-state index in [1.54, 1.807) is 20.8 Å². The smallest absolute Gasteiger partial charge is 0.424 e. The molecule has 160 valence electrons. The van der Waals surface area contributed by atoms with Gasteiger partial charge in [0, 0.05) is 25.2 Å². The molecule has 2 heterocycles. The fraction of sp³-hybridized carbons (Fsp3) is 0.450. The molecule has 2 saturated heterocycles. The van der Waals surface area contributed by atoms with Crippen LogP contribution in [0.15, 0.2) is 24.3 Å². The highest BCUT2D eigenvalue weighted by atomic mass is 16.6. The molecule has 1 N–H and O–H groups in total. The number of carbonyl (C=O) groups is 5. The van der Waals surface area contributed by atoms with Gasteiger partial charge in [-0.05, 0) is 51.5 Å². The van der Waals surface area contributed by atoms with E-state index in [2.05, 4.69) is 0 Å². The molecule has 0 radical (unpaired) electrons. The van der Waals surface area contributed by atoms with E-state index < -0.39 is 41.6 Å². The van der Waals surface area contributed by atoms with Crippen molar-refractivity contribution in [2.45, 2.75) is 45.3 Å². The Bertz CT molecular complexity index is 904. The molecule has 0 spiro atoms. The van der Waals surface area contributed by atoms with Crippen LogP contribution in [0, 0.1) is 0 Å². The van der Waals surface area contributed by atoms with Crippen molar-refractivity contribution in [3.63, 3.8) is 0 Å². The summed E-state index contributed by atoms with van der Waals surface area (Å²) in [6.07, 6.45) is -0.990. The number of hydrogen-bond acceptors (Lipinski definition) is 6. The number of imide groups is 3. The van der Waals surface area contributed by atoms with Crippen LogP contribution in [0.25, 0.3) is 0 Å². The lowest BCUT2D eigenvalue weighted by atomic mass is 10.0. The minimum Gasteiger partial charge on any atom is -0.478 e. The average molecular weight is 417 g/mol. The van der Waals surface area contributed by atoms with Crippen molar-refractivity contribution < 1.29 is 33.8 Å². The summed E-state index contributed by atoms with van der Waals surface area (Å²) in [6.45, 7) is 5.39. The molecule has 1 unspecified atom stereocenters. The van der Waals surface area contributed by atoms with Gasteiger partial charge in [-0.1, -0.05) is 0 Å². The molecule has 5 amide bonds. The number of nitrogens with zero attached hydrogens (tertiary/aromatic N) is 3. The van der Waals surface area contributed by atoms with Crippen LogP contribution in [0.3, 0.4) is 0 Å². The minimum absolute atomic E-state index is 0.0628. The molecule has 1 aromatic carbocycles. The van der Waals surface area contributed by atoms with Gasteiger partial charge >= 0.3 is 18.1 Å². The molecule has 2 fully saturated rings. The maximum atomic E-state index is 12.9. The van der Waals surface area contributed by atoms with Gasteiger partial charge in [0.2, 0.25) is 5.91 Å². The highest BCUT2D eigenvalue weighted by molar-refractivity contribution is 6.13. The second-order valence-corrected chi connectivity index (χ2v) is 8.08. The maximum Gasteiger partial charge on any atom is 0.424 e. The lowest BCUT2D eigenvalue weighted by Gasteiger charge is -2.34. The number of hydrogen-bond donors (Lipinski definition) is 1. The summed E-state index contributed by atoms with van der Waals surface area (Å²) in [5.74, 6) is -2.51. The minimum atomic E-state index is -1.07. The molecule has 10 nitrogen and oxygen atoms in total. The van der Waals surface area contributed by atoms with Crippen LogP contribution < -0.4 is 4.90 Å². The van der Waals surface area contributed by atoms with Crippen LogP contribution in [0.1, 0.15) is 44.0 Å². The van der Waals surface area contributed by atoms with Gasteiger partial charge in [0.05, 0.1) is 5.56 Å². The molecular formula is C20H23N3O7. The van der Waals surface area contributed by atoms with Crippen molar-refractivity contribution in [2.24, 2.45) is 0 Å². The van der Waals surface area contributed by atoms with E-state index in [0.717, 1.165) is 0 Å². The van der Waals surface area contributed by atoms with Crippen LogP contribution in [-0.4, -0.2) is 69.5 Å². The number of likely N-dealkylation sites (tertiary alicyclic amines) is 1. The number of anilines is 1. The van der Waals surface area contributed by atoms with Crippen molar-refractivity contribution in [3.8, 4) is 0 Å². The Kier molecular flexibility index (Phi) is 5.51. The second-order valence-electron chi connectivity index (χ2n) is 8.08. The molecule has 30 heavy (non-hydrogen) atoms. The zero-order chi connectivity index (χ0) is 22.2. The number of piperidine rings is 1. The molecule has 3 rings (SSSR count).